The summed E-state index contributed by atoms with van der Waals surface area (Å²) in [5, 5.41) is 0.611. The molecule has 2 nitrogen and oxygen atoms in total. The molecule has 96 valence electrons. The van der Waals surface area contributed by atoms with Gasteiger partial charge in [0, 0.05) is 5.02 Å². The molecule has 19 heavy (non-hydrogen) atoms. The Morgan fingerprint density at radius 1 is 1.21 bits per heavy atom. The molecule has 1 aromatic heterocycles. The number of hydrogen-bond donors (Lipinski definition) is 1. The molecule has 3 rings (SSSR count). The molecule has 5 heteroatoms. The number of aromatic nitrogens is 2. The Labute approximate surface area is 119 Å². The van der Waals surface area contributed by atoms with E-state index in [1.807, 2.05) is 19.1 Å². The summed E-state index contributed by atoms with van der Waals surface area (Å²) >= 11 is 11.2. The molecular weight excluding hydrogens is 283 g/mol. The molecule has 3 aromatic rings. The Hall–Kier alpha value is -1.65. The Bertz CT molecular complexity index is 835. The van der Waals surface area contributed by atoms with Gasteiger partial charge < -0.3 is 4.98 Å². The molecular formula is C14H10ClFN2S. The lowest BCUT2D eigenvalue weighted by Crippen LogP contribution is -1.98. The Morgan fingerprint density at radius 3 is 2.74 bits per heavy atom. The van der Waals surface area contributed by atoms with Crippen molar-refractivity contribution in [2.45, 2.75) is 6.92 Å². The van der Waals surface area contributed by atoms with Gasteiger partial charge in [-0.25, -0.2) is 4.39 Å². The number of aryl methyl sites for hydroxylation is 1. The number of halogens is 2. The summed E-state index contributed by atoms with van der Waals surface area (Å²) in [6, 6.07) is 10.4. The molecule has 1 heterocycles. The van der Waals surface area contributed by atoms with Crippen molar-refractivity contribution in [3.05, 3.63) is 57.6 Å². The van der Waals surface area contributed by atoms with Crippen LogP contribution in [0, 0.1) is 17.5 Å². The van der Waals surface area contributed by atoms with E-state index in [9.17, 15) is 4.39 Å². The first kappa shape index (κ1) is 12.4. The van der Waals surface area contributed by atoms with Crippen LogP contribution in [-0.2, 0) is 0 Å². The third kappa shape index (κ3) is 2.07. The van der Waals surface area contributed by atoms with Crippen molar-refractivity contribution >= 4 is 34.9 Å². The molecule has 0 aliphatic carbocycles. The second-order valence-corrected chi connectivity index (χ2v) is 5.21. The average Bonchev–Trinajstić information content (AvgIpc) is 2.65. The normalized spacial score (nSPS) is 11.1. The molecule has 0 saturated heterocycles. The molecule has 0 atom stereocenters. The number of nitrogens with one attached hydrogen (secondary N) is 1. The molecule has 0 radical (unpaired) electrons. The minimum atomic E-state index is -0.299. The molecule has 1 N–H and O–H groups in total. The highest BCUT2D eigenvalue weighted by Crippen LogP contribution is 2.24. The van der Waals surface area contributed by atoms with Gasteiger partial charge >= 0.3 is 0 Å². The van der Waals surface area contributed by atoms with Crippen molar-refractivity contribution in [1.82, 2.24) is 9.55 Å². The van der Waals surface area contributed by atoms with Crippen LogP contribution in [0.4, 0.5) is 4.39 Å². The first-order chi connectivity index (χ1) is 9.06. The second kappa shape index (κ2) is 4.47. The van der Waals surface area contributed by atoms with E-state index in [-0.39, 0.29) is 5.82 Å². The van der Waals surface area contributed by atoms with Gasteiger partial charge in [-0.3, -0.25) is 4.57 Å². The summed E-state index contributed by atoms with van der Waals surface area (Å²) in [6.45, 7) is 1.85. The highest BCUT2D eigenvalue weighted by Gasteiger charge is 2.10. The number of imidazole rings is 1. The summed E-state index contributed by atoms with van der Waals surface area (Å²) in [6.07, 6.45) is 0. The minimum absolute atomic E-state index is 0.299. The van der Waals surface area contributed by atoms with Gasteiger partial charge in [-0.15, -0.1) is 0 Å². The van der Waals surface area contributed by atoms with Crippen LogP contribution in [0.15, 0.2) is 36.4 Å². The van der Waals surface area contributed by atoms with E-state index in [1.165, 1.54) is 6.07 Å². The molecule has 0 saturated carbocycles. The first-order valence-corrected chi connectivity index (χ1v) is 6.52. The smallest absolute Gasteiger partial charge is 0.182 e. The van der Waals surface area contributed by atoms with Gasteiger partial charge in [0.05, 0.1) is 16.7 Å². The highest BCUT2D eigenvalue weighted by molar-refractivity contribution is 7.71. The maximum Gasteiger partial charge on any atom is 0.182 e. The Balaban J connectivity index is 2.36. The van der Waals surface area contributed by atoms with Crippen LogP contribution >= 0.6 is 23.8 Å². The molecule has 0 fully saturated rings. The van der Waals surface area contributed by atoms with Gasteiger partial charge in [0.15, 0.2) is 4.77 Å². The first-order valence-electron chi connectivity index (χ1n) is 5.73. The predicted octanol–water partition coefficient (Wildman–Crippen LogP) is 4.79. The molecule has 0 spiro atoms. The lowest BCUT2D eigenvalue weighted by Gasteiger charge is -2.06. The van der Waals surface area contributed by atoms with E-state index in [0.29, 0.717) is 15.5 Å². The molecule has 0 bridgehead atoms. The maximum absolute atomic E-state index is 14.1. The van der Waals surface area contributed by atoms with Crippen molar-refractivity contribution in [2.75, 3.05) is 0 Å². The van der Waals surface area contributed by atoms with Gasteiger partial charge in [0.2, 0.25) is 0 Å². The summed E-state index contributed by atoms with van der Waals surface area (Å²) in [4.78, 5) is 3.03. The van der Waals surface area contributed by atoms with Crippen molar-refractivity contribution < 1.29 is 4.39 Å². The lowest BCUT2D eigenvalue weighted by molar-refractivity contribution is 0.617. The number of aromatic amines is 1. The fourth-order valence-corrected chi connectivity index (χ4v) is 2.60. The summed E-state index contributed by atoms with van der Waals surface area (Å²) < 4.78 is 16.2. The molecule has 2 aromatic carbocycles. The quantitative estimate of drug-likeness (QED) is 0.640. The second-order valence-electron chi connectivity index (χ2n) is 4.38. The van der Waals surface area contributed by atoms with E-state index < -0.39 is 0 Å². The summed E-state index contributed by atoms with van der Waals surface area (Å²) in [7, 11) is 0. The Morgan fingerprint density at radius 2 is 2.00 bits per heavy atom. The number of fused-ring (bicyclic) bond motifs is 1. The Kier molecular flexibility index (Phi) is 2.92. The zero-order valence-corrected chi connectivity index (χ0v) is 11.6. The van der Waals surface area contributed by atoms with E-state index in [0.717, 1.165) is 16.6 Å². The SMILES string of the molecule is Cc1ccc(-n2c(=S)[nH]c3cc(Cl)ccc32)c(F)c1. The number of hydrogen-bond acceptors (Lipinski definition) is 1. The number of benzene rings is 2. The van der Waals surface area contributed by atoms with Crippen molar-refractivity contribution in [3.63, 3.8) is 0 Å². The largest absolute Gasteiger partial charge is 0.330 e. The number of H-pyrrole nitrogens is 1. The van der Waals surface area contributed by atoms with Gasteiger partial charge in [-0.05, 0) is 55.0 Å². The maximum atomic E-state index is 14.1. The van der Waals surface area contributed by atoms with Gasteiger partial charge in [0.25, 0.3) is 0 Å². The average molecular weight is 293 g/mol. The molecule has 0 amide bonds. The van der Waals surface area contributed by atoms with E-state index >= 15 is 0 Å². The zero-order valence-electron chi connectivity index (χ0n) is 10.1. The summed E-state index contributed by atoms with van der Waals surface area (Å²) in [5.74, 6) is -0.299. The van der Waals surface area contributed by atoms with Gasteiger partial charge in [0.1, 0.15) is 5.82 Å². The molecule has 0 aliphatic rings. The van der Waals surface area contributed by atoms with E-state index in [2.05, 4.69) is 4.98 Å². The fourth-order valence-electron chi connectivity index (χ4n) is 2.12. The highest BCUT2D eigenvalue weighted by atomic mass is 35.5. The predicted molar refractivity (Wildman–Crippen MR) is 78.2 cm³/mol. The number of rotatable bonds is 1. The molecule has 0 aliphatic heterocycles. The van der Waals surface area contributed by atoms with E-state index in [4.69, 9.17) is 23.8 Å². The fraction of sp³-hybridized carbons (Fsp3) is 0.0714. The van der Waals surface area contributed by atoms with Crippen LogP contribution in [0.2, 0.25) is 5.02 Å². The lowest BCUT2D eigenvalue weighted by atomic mass is 10.2. The number of nitrogens with zero attached hydrogens (tertiary/aromatic N) is 1. The van der Waals surface area contributed by atoms with Crippen LogP contribution < -0.4 is 0 Å². The monoisotopic (exact) mass is 292 g/mol. The van der Waals surface area contributed by atoms with Crippen molar-refractivity contribution in [3.8, 4) is 5.69 Å². The van der Waals surface area contributed by atoms with Gasteiger partial charge in [-0.2, -0.15) is 0 Å². The zero-order chi connectivity index (χ0) is 13.6. The minimum Gasteiger partial charge on any atom is -0.330 e. The van der Waals surface area contributed by atoms with Crippen molar-refractivity contribution in [2.24, 2.45) is 0 Å². The van der Waals surface area contributed by atoms with Crippen molar-refractivity contribution in [1.29, 1.82) is 0 Å². The topological polar surface area (TPSA) is 20.7 Å². The van der Waals surface area contributed by atoms with Crippen LogP contribution in [0.1, 0.15) is 5.56 Å². The standard InChI is InChI=1S/C14H10ClFN2S/c1-8-2-4-12(10(16)6-8)18-13-5-3-9(15)7-11(13)17-14(18)19/h2-7H,1H3,(H,17,19). The van der Waals surface area contributed by atoms with Gasteiger partial charge in [-0.1, -0.05) is 17.7 Å². The van der Waals surface area contributed by atoms with Crippen LogP contribution in [-0.4, -0.2) is 9.55 Å². The van der Waals surface area contributed by atoms with Crippen LogP contribution in [0.3, 0.4) is 0 Å². The van der Waals surface area contributed by atoms with E-state index in [1.54, 1.807) is 22.8 Å². The summed E-state index contributed by atoms with van der Waals surface area (Å²) in [5.41, 5.74) is 2.90. The van der Waals surface area contributed by atoms with Crippen LogP contribution in [0.5, 0.6) is 0 Å². The van der Waals surface area contributed by atoms with Crippen LogP contribution in [0.25, 0.3) is 16.7 Å². The third-order valence-corrected chi connectivity index (χ3v) is 3.51. The molecule has 0 unspecified atom stereocenters. The third-order valence-electron chi connectivity index (χ3n) is 2.99.